The quantitative estimate of drug-likeness (QED) is 0.704. The van der Waals surface area contributed by atoms with Gasteiger partial charge in [0.15, 0.2) is 0 Å². The number of amides is 1. The summed E-state index contributed by atoms with van der Waals surface area (Å²) < 4.78 is 4.97. The fourth-order valence-electron chi connectivity index (χ4n) is 2.87. The third-order valence-corrected chi connectivity index (χ3v) is 4.18. The molecule has 0 saturated heterocycles. The van der Waals surface area contributed by atoms with Crippen molar-refractivity contribution in [3.05, 3.63) is 0 Å². The highest BCUT2D eigenvalue weighted by Gasteiger charge is 2.40. The third-order valence-electron chi connectivity index (χ3n) is 4.18. The Morgan fingerprint density at radius 3 is 2.35 bits per heavy atom. The van der Waals surface area contributed by atoms with Crippen LogP contribution in [0.2, 0.25) is 0 Å². The smallest absolute Gasteiger partial charge is 0.310 e. The van der Waals surface area contributed by atoms with Gasteiger partial charge in [0.1, 0.15) is 0 Å². The van der Waals surface area contributed by atoms with Gasteiger partial charge in [-0.05, 0) is 26.2 Å². The largest absolute Gasteiger partial charge is 0.481 e. The monoisotopic (exact) mass is 285 g/mol. The van der Waals surface area contributed by atoms with Gasteiger partial charge in [0.05, 0.1) is 5.41 Å². The number of carboxylic acids is 1. The fourth-order valence-corrected chi connectivity index (χ4v) is 2.87. The minimum Gasteiger partial charge on any atom is -0.481 e. The molecule has 1 aliphatic rings. The Morgan fingerprint density at radius 2 is 1.85 bits per heavy atom. The van der Waals surface area contributed by atoms with Gasteiger partial charge in [-0.25, -0.2) is 0 Å². The van der Waals surface area contributed by atoms with Crippen molar-refractivity contribution in [2.75, 3.05) is 13.7 Å². The molecule has 20 heavy (non-hydrogen) atoms. The van der Waals surface area contributed by atoms with Crippen molar-refractivity contribution >= 4 is 11.9 Å². The average Bonchev–Trinajstić information content (AvgIpc) is 2.62. The lowest BCUT2D eigenvalue weighted by molar-refractivity contribution is -0.153. The summed E-state index contributed by atoms with van der Waals surface area (Å²) in [6.07, 6.45) is 6.01. The SMILES string of the molecule is COCCC(C)NC(=O)CC1(C(=O)O)CCCCCC1. The van der Waals surface area contributed by atoms with Gasteiger partial charge in [-0.3, -0.25) is 9.59 Å². The second-order valence-electron chi connectivity index (χ2n) is 5.93. The van der Waals surface area contributed by atoms with Gasteiger partial charge >= 0.3 is 5.97 Å². The van der Waals surface area contributed by atoms with Gasteiger partial charge in [-0.2, -0.15) is 0 Å². The van der Waals surface area contributed by atoms with Gasteiger partial charge in [0.2, 0.25) is 5.91 Å². The van der Waals surface area contributed by atoms with Crippen LogP contribution in [0.5, 0.6) is 0 Å². The second-order valence-corrected chi connectivity index (χ2v) is 5.93. The first kappa shape index (κ1) is 17.0. The maximum atomic E-state index is 12.1. The third kappa shape index (κ3) is 5.12. The molecule has 5 nitrogen and oxygen atoms in total. The Morgan fingerprint density at radius 1 is 1.25 bits per heavy atom. The van der Waals surface area contributed by atoms with Crippen LogP contribution in [0.4, 0.5) is 0 Å². The van der Waals surface area contributed by atoms with Crippen molar-refractivity contribution in [3.8, 4) is 0 Å². The van der Waals surface area contributed by atoms with Crippen LogP contribution in [-0.2, 0) is 14.3 Å². The maximum absolute atomic E-state index is 12.1. The predicted octanol–water partition coefficient (Wildman–Crippen LogP) is 2.34. The number of methoxy groups -OCH3 is 1. The van der Waals surface area contributed by atoms with E-state index in [4.69, 9.17) is 4.74 Å². The first-order chi connectivity index (χ1) is 9.50. The highest BCUT2D eigenvalue weighted by Crippen LogP contribution is 2.38. The van der Waals surface area contributed by atoms with E-state index in [0.717, 1.165) is 32.1 Å². The second kappa shape index (κ2) is 8.25. The normalized spacial score (nSPS) is 19.9. The Labute approximate surface area is 121 Å². The van der Waals surface area contributed by atoms with E-state index in [-0.39, 0.29) is 18.4 Å². The molecule has 1 aliphatic carbocycles. The topological polar surface area (TPSA) is 75.6 Å². The molecule has 1 rings (SSSR count). The molecule has 0 spiro atoms. The van der Waals surface area contributed by atoms with E-state index in [9.17, 15) is 14.7 Å². The Kier molecular flexibility index (Phi) is 6.99. The van der Waals surface area contributed by atoms with E-state index in [0.29, 0.717) is 19.4 Å². The molecule has 1 atom stereocenters. The lowest BCUT2D eigenvalue weighted by Crippen LogP contribution is -2.40. The number of rotatable bonds is 7. The molecule has 1 unspecified atom stereocenters. The lowest BCUT2D eigenvalue weighted by atomic mass is 9.77. The van der Waals surface area contributed by atoms with Gasteiger partial charge in [-0.15, -0.1) is 0 Å². The van der Waals surface area contributed by atoms with Gasteiger partial charge < -0.3 is 15.2 Å². The number of hydrogen-bond acceptors (Lipinski definition) is 3. The summed E-state index contributed by atoms with van der Waals surface area (Å²) in [5.41, 5.74) is -0.860. The summed E-state index contributed by atoms with van der Waals surface area (Å²) in [7, 11) is 1.62. The molecule has 0 aromatic rings. The van der Waals surface area contributed by atoms with Gasteiger partial charge in [0, 0.05) is 26.2 Å². The molecule has 0 radical (unpaired) electrons. The number of carbonyl (C=O) groups excluding carboxylic acids is 1. The zero-order valence-electron chi connectivity index (χ0n) is 12.6. The van der Waals surface area contributed by atoms with Crippen LogP contribution < -0.4 is 5.32 Å². The number of hydrogen-bond donors (Lipinski definition) is 2. The average molecular weight is 285 g/mol. The van der Waals surface area contributed by atoms with Crippen molar-refractivity contribution in [1.29, 1.82) is 0 Å². The Balaban J connectivity index is 2.56. The molecule has 0 aromatic carbocycles. The van der Waals surface area contributed by atoms with Crippen LogP contribution in [-0.4, -0.2) is 36.7 Å². The summed E-state index contributed by atoms with van der Waals surface area (Å²) in [4.78, 5) is 23.7. The van der Waals surface area contributed by atoms with Crippen molar-refractivity contribution in [3.63, 3.8) is 0 Å². The first-order valence-corrected chi connectivity index (χ1v) is 7.52. The van der Waals surface area contributed by atoms with Crippen LogP contribution in [0, 0.1) is 5.41 Å². The minimum absolute atomic E-state index is 0.0130. The molecule has 116 valence electrons. The highest BCUT2D eigenvalue weighted by atomic mass is 16.5. The van der Waals surface area contributed by atoms with E-state index in [1.165, 1.54) is 0 Å². The number of nitrogens with one attached hydrogen (secondary N) is 1. The molecule has 0 aliphatic heterocycles. The fraction of sp³-hybridized carbons (Fsp3) is 0.867. The summed E-state index contributed by atoms with van der Waals surface area (Å²) >= 11 is 0. The lowest BCUT2D eigenvalue weighted by Gasteiger charge is -2.28. The van der Waals surface area contributed by atoms with E-state index in [1.807, 2.05) is 6.92 Å². The molecule has 0 bridgehead atoms. The van der Waals surface area contributed by atoms with Crippen molar-refractivity contribution in [1.82, 2.24) is 5.32 Å². The molecule has 1 fully saturated rings. The number of carbonyl (C=O) groups is 2. The summed E-state index contributed by atoms with van der Waals surface area (Å²) in [6, 6.07) is 0.0130. The predicted molar refractivity (Wildman–Crippen MR) is 76.5 cm³/mol. The zero-order valence-corrected chi connectivity index (χ0v) is 12.6. The minimum atomic E-state index is -0.860. The number of aliphatic carboxylic acids is 1. The molecule has 0 aromatic heterocycles. The molecule has 1 amide bonds. The molecular weight excluding hydrogens is 258 g/mol. The summed E-state index contributed by atoms with van der Waals surface area (Å²) in [6.45, 7) is 2.50. The standard InChI is InChI=1S/C15H27NO4/c1-12(7-10-20-2)16-13(17)11-15(14(18)19)8-5-3-4-6-9-15/h12H,3-11H2,1-2H3,(H,16,17)(H,18,19). The summed E-state index contributed by atoms with van der Waals surface area (Å²) in [5, 5.41) is 12.4. The van der Waals surface area contributed by atoms with Crippen LogP contribution in [0.15, 0.2) is 0 Å². The van der Waals surface area contributed by atoms with Gasteiger partial charge in [0.25, 0.3) is 0 Å². The Bertz CT molecular complexity index is 322. The Hall–Kier alpha value is -1.10. The van der Waals surface area contributed by atoms with Gasteiger partial charge in [-0.1, -0.05) is 25.7 Å². The molecule has 2 N–H and O–H groups in total. The van der Waals surface area contributed by atoms with Crippen LogP contribution in [0.1, 0.15) is 58.3 Å². The molecular formula is C15H27NO4. The van der Waals surface area contributed by atoms with Crippen LogP contribution in [0.3, 0.4) is 0 Å². The molecule has 1 saturated carbocycles. The molecule has 5 heteroatoms. The number of carboxylic acid groups (broad SMARTS) is 1. The van der Waals surface area contributed by atoms with Crippen LogP contribution in [0.25, 0.3) is 0 Å². The first-order valence-electron chi connectivity index (χ1n) is 7.52. The zero-order chi connectivity index (χ0) is 15.0. The van der Waals surface area contributed by atoms with E-state index in [2.05, 4.69) is 5.32 Å². The number of ether oxygens (including phenoxy) is 1. The van der Waals surface area contributed by atoms with Crippen molar-refractivity contribution in [2.45, 2.75) is 64.3 Å². The maximum Gasteiger partial charge on any atom is 0.310 e. The van der Waals surface area contributed by atoms with Crippen LogP contribution >= 0.6 is 0 Å². The van der Waals surface area contributed by atoms with E-state index in [1.54, 1.807) is 7.11 Å². The summed E-state index contributed by atoms with van der Waals surface area (Å²) in [5.74, 6) is -0.975. The van der Waals surface area contributed by atoms with E-state index >= 15 is 0 Å². The highest BCUT2D eigenvalue weighted by molar-refractivity contribution is 5.85. The van der Waals surface area contributed by atoms with E-state index < -0.39 is 11.4 Å². The molecule has 0 heterocycles. The van der Waals surface area contributed by atoms with Crippen molar-refractivity contribution < 1.29 is 19.4 Å². The van der Waals surface area contributed by atoms with Crippen molar-refractivity contribution in [2.24, 2.45) is 5.41 Å².